The summed E-state index contributed by atoms with van der Waals surface area (Å²) in [6, 6.07) is 0.262. The van der Waals surface area contributed by atoms with E-state index in [0.717, 1.165) is 32.7 Å². The first-order valence-corrected chi connectivity index (χ1v) is 6.65. The fraction of sp³-hybridized carbons (Fsp3) is 1.00. The zero-order chi connectivity index (χ0) is 13.1. The Kier molecular flexibility index (Phi) is 4.95. The molecule has 3 N–H and O–H groups in total. The number of hydrogen-bond acceptors (Lipinski definition) is 4. The van der Waals surface area contributed by atoms with E-state index in [-0.39, 0.29) is 17.0 Å². The van der Waals surface area contributed by atoms with Crippen molar-refractivity contribution in [3.8, 4) is 0 Å². The van der Waals surface area contributed by atoms with Crippen molar-refractivity contribution >= 4 is 0 Å². The van der Waals surface area contributed by atoms with Crippen molar-refractivity contribution in [2.45, 2.75) is 52.6 Å². The maximum atomic E-state index is 5.82. The second kappa shape index (κ2) is 5.65. The van der Waals surface area contributed by atoms with E-state index >= 15 is 0 Å². The molecule has 2 atom stereocenters. The third-order valence-corrected chi connectivity index (χ3v) is 4.10. The van der Waals surface area contributed by atoms with Crippen LogP contribution in [0.3, 0.4) is 0 Å². The zero-order valence-corrected chi connectivity index (χ0v) is 12.0. The predicted molar refractivity (Wildman–Crippen MR) is 71.7 cm³/mol. The lowest BCUT2D eigenvalue weighted by molar-refractivity contribution is -0.0493. The van der Waals surface area contributed by atoms with Gasteiger partial charge in [0.05, 0.1) is 13.2 Å². The van der Waals surface area contributed by atoms with Crippen molar-refractivity contribution in [1.82, 2.24) is 10.3 Å². The van der Waals surface area contributed by atoms with Gasteiger partial charge in [0.2, 0.25) is 0 Å². The van der Waals surface area contributed by atoms with Gasteiger partial charge in [0.25, 0.3) is 0 Å². The minimum Gasteiger partial charge on any atom is -0.379 e. The summed E-state index contributed by atoms with van der Waals surface area (Å²) in [5.41, 5.74) is 3.27. The minimum atomic E-state index is 0.0801. The lowest BCUT2D eigenvalue weighted by Crippen LogP contribution is -2.66. The fourth-order valence-corrected chi connectivity index (χ4v) is 3.05. The molecule has 102 valence electrons. The van der Waals surface area contributed by atoms with E-state index in [0.29, 0.717) is 0 Å². The number of rotatable bonds is 4. The Balaban J connectivity index is 2.91. The molecule has 0 aromatic rings. The van der Waals surface area contributed by atoms with Crippen molar-refractivity contribution in [2.24, 2.45) is 11.3 Å². The molecule has 1 fully saturated rings. The van der Waals surface area contributed by atoms with Crippen LogP contribution in [0.4, 0.5) is 0 Å². The van der Waals surface area contributed by atoms with Gasteiger partial charge < -0.3 is 4.74 Å². The molecule has 1 aliphatic rings. The molecule has 0 saturated carbocycles. The molecule has 0 aromatic carbocycles. The normalized spacial score (nSPS) is 24.4. The molecular formula is C13H29N3O. The summed E-state index contributed by atoms with van der Waals surface area (Å²) in [5.74, 6) is 5.82. The highest BCUT2D eigenvalue weighted by molar-refractivity contribution is 5.01. The van der Waals surface area contributed by atoms with Gasteiger partial charge in [-0.1, -0.05) is 27.7 Å². The molecule has 1 saturated heterocycles. The summed E-state index contributed by atoms with van der Waals surface area (Å²) in [5, 5.41) is 0. The van der Waals surface area contributed by atoms with Crippen LogP contribution in [-0.2, 0) is 4.74 Å². The van der Waals surface area contributed by atoms with Gasteiger partial charge in [-0.25, -0.2) is 0 Å². The maximum absolute atomic E-state index is 5.82. The monoisotopic (exact) mass is 243 g/mol. The van der Waals surface area contributed by atoms with E-state index in [1.807, 2.05) is 0 Å². The predicted octanol–water partition coefficient (Wildman–Crippen LogP) is 1.37. The van der Waals surface area contributed by atoms with Crippen LogP contribution in [0.5, 0.6) is 0 Å². The molecule has 0 bridgehead atoms. The van der Waals surface area contributed by atoms with Gasteiger partial charge in [-0.15, -0.1) is 0 Å². The third-order valence-electron chi connectivity index (χ3n) is 4.10. The second-order valence-corrected chi connectivity index (χ2v) is 6.28. The van der Waals surface area contributed by atoms with Crippen LogP contribution in [-0.4, -0.2) is 42.8 Å². The molecule has 0 radical (unpaired) electrons. The largest absolute Gasteiger partial charge is 0.379 e. The number of morpholine rings is 1. The smallest absolute Gasteiger partial charge is 0.0594 e. The van der Waals surface area contributed by atoms with Gasteiger partial charge in [-0.2, -0.15) is 0 Å². The lowest BCUT2D eigenvalue weighted by Gasteiger charge is -2.51. The Morgan fingerprint density at radius 3 is 2.12 bits per heavy atom. The van der Waals surface area contributed by atoms with Crippen LogP contribution in [0, 0.1) is 5.41 Å². The number of hydrazine groups is 1. The Hall–Kier alpha value is -0.160. The zero-order valence-electron chi connectivity index (χ0n) is 12.0. The van der Waals surface area contributed by atoms with Crippen LogP contribution in [0.15, 0.2) is 0 Å². The standard InChI is InChI=1S/C13H29N3O/c1-6-13(5,11(15-14)12(2,3)4)16-7-9-17-10-8-16/h11,15H,6-10,14H2,1-5H3. The molecule has 0 aromatic heterocycles. The fourth-order valence-electron chi connectivity index (χ4n) is 3.05. The van der Waals surface area contributed by atoms with Crippen molar-refractivity contribution in [2.75, 3.05) is 26.3 Å². The summed E-state index contributed by atoms with van der Waals surface area (Å²) in [7, 11) is 0. The van der Waals surface area contributed by atoms with E-state index < -0.39 is 0 Å². The first-order valence-electron chi connectivity index (χ1n) is 6.65. The summed E-state index contributed by atoms with van der Waals surface area (Å²) in [6.07, 6.45) is 1.08. The first-order chi connectivity index (χ1) is 7.86. The average Bonchev–Trinajstić information content (AvgIpc) is 2.29. The van der Waals surface area contributed by atoms with E-state index in [1.54, 1.807) is 0 Å². The highest BCUT2D eigenvalue weighted by Gasteiger charge is 2.43. The topological polar surface area (TPSA) is 50.5 Å². The van der Waals surface area contributed by atoms with Gasteiger partial charge in [0, 0.05) is 24.7 Å². The molecule has 0 amide bonds. The van der Waals surface area contributed by atoms with Gasteiger partial charge in [0.15, 0.2) is 0 Å². The summed E-state index contributed by atoms with van der Waals surface area (Å²) in [6.45, 7) is 14.9. The summed E-state index contributed by atoms with van der Waals surface area (Å²) < 4.78 is 5.45. The van der Waals surface area contributed by atoms with Crippen molar-refractivity contribution in [3.63, 3.8) is 0 Å². The third kappa shape index (κ3) is 3.19. The van der Waals surface area contributed by atoms with E-state index in [2.05, 4.69) is 44.9 Å². The lowest BCUT2D eigenvalue weighted by atomic mass is 9.73. The maximum Gasteiger partial charge on any atom is 0.0594 e. The molecule has 4 heteroatoms. The number of nitrogens with two attached hydrogens (primary N) is 1. The molecule has 0 spiro atoms. The SMILES string of the molecule is CCC(C)(C(NN)C(C)(C)C)N1CCOCC1. The van der Waals surface area contributed by atoms with Crippen molar-refractivity contribution in [3.05, 3.63) is 0 Å². The Morgan fingerprint density at radius 2 is 1.76 bits per heavy atom. The number of nitrogens with zero attached hydrogens (tertiary/aromatic N) is 1. The van der Waals surface area contributed by atoms with Crippen LogP contribution < -0.4 is 11.3 Å². The molecule has 1 heterocycles. The van der Waals surface area contributed by atoms with Crippen LogP contribution in [0.1, 0.15) is 41.0 Å². The van der Waals surface area contributed by atoms with E-state index in [4.69, 9.17) is 10.6 Å². The molecule has 1 aliphatic heterocycles. The highest BCUT2D eigenvalue weighted by Crippen LogP contribution is 2.34. The molecule has 0 aliphatic carbocycles. The van der Waals surface area contributed by atoms with Crippen molar-refractivity contribution in [1.29, 1.82) is 0 Å². The average molecular weight is 243 g/mol. The van der Waals surface area contributed by atoms with Crippen molar-refractivity contribution < 1.29 is 4.74 Å². The number of hydrogen-bond donors (Lipinski definition) is 2. The van der Waals surface area contributed by atoms with Gasteiger partial charge in [-0.3, -0.25) is 16.2 Å². The quantitative estimate of drug-likeness (QED) is 0.578. The molecule has 2 unspecified atom stereocenters. The van der Waals surface area contributed by atoms with Gasteiger partial charge in [-0.05, 0) is 18.8 Å². The first kappa shape index (κ1) is 14.9. The van der Waals surface area contributed by atoms with E-state index in [9.17, 15) is 0 Å². The van der Waals surface area contributed by atoms with Gasteiger partial charge in [0.1, 0.15) is 0 Å². The second-order valence-electron chi connectivity index (χ2n) is 6.28. The Bertz CT molecular complexity index is 233. The molecule has 4 nitrogen and oxygen atoms in total. The number of ether oxygens (including phenoxy) is 1. The van der Waals surface area contributed by atoms with E-state index in [1.165, 1.54) is 0 Å². The molecule has 17 heavy (non-hydrogen) atoms. The molecular weight excluding hydrogens is 214 g/mol. The Labute approximate surface area is 106 Å². The highest BCUT2D eigenvalue weighted by atomic mass is 16.5. The minimum absolute atomic E-state index is 0.0801. The van der Waals surface area contributed by atoms with Crippen LogP contribution in [0.25, 0.3) is 0 Å². The Morgan fingerprint density at radius 1 is 1.24 bits per heavy atom. The number of nitrogens with one attached hydrogen (secondary N) is 1. The summed E-state index contributed by atoms with van der Waals surface area (Å²) >= 11 is 0. The van der Waals surface area contributed by atoms with Crippen LogP contribution >= 0.6 is 0 Å². The van der Waals surface area contributed by atoms with Gasteiger partial charge >= 0.3 is 0 Å². The molecule has 1 rings (SSSR count). The van der Waals surface area contributed by atoms with Crippen LogP contribution in [0.2, 0.25) is 0 Å². The summed E-state index contributed by atoms with van der Waals surface area (Å²) in [4.78, 5) is 2.52.